The van der Waals surface area contributed by atoms with Gasteiger partial charge in [-0.15, -0.1) is 0 Å². The highest BCUT2D eigenvalue weighted by atomic mass is 16.8. The third-order valence-corrected chi connectivity index (χ3v) is 3.89. The quantitative estimate of drug-likeness (QED) is 0.764. The van der Waals surface area contributed by atoms with E-state index in [0.717, 1.165) is 0 Å². The predicted molar refractivity (Wildman–Crippen MR) is 83.2 cm³/mol. The summed E-state index contributed by atoms with van der Waals surface area (Å²) < 4.78 is 22.3. The fraction of sp³-hybridized carbons (Fsp3) is 0.875. The number of amides is 1. The van der Waals surface area contributed by atoms with Gasteiger partial charge in [0.2, 0.25) is 0 Å². The molecular weight excluding hydrogens is 318 g/mol. The Hall–Kier alpha value is -1.38. The molecule has 0 aromatic carbocycles. The third-order valence-electron chi connectivity index (χ3n) is 3.89. The molecule has 2 fully saturated rings. The van der Waals surface area contributed by atoms with Crippen molar-refractivity contribution in [1.82, 2.24) is 4.90 Å². The lowest BCUT2D eigenvalue weighted by Gasteiger charge is -2.34. The summed E-state index contributed by atoms with van der Waals surface area (Å²) in [6, 6.07) is -1.22. The van der Waals surface area contributed by atoms with Crippen molar-refractivity contribution in [3.8, 4) is 0 Å². The van der Waals surface area contributed by atoms with Gasteiger partial charge in [-0.3, -0.25) is 9.69 Å². The van der Waals surface area contributed by atoms with E-state index in [1.165, 1.54) is 11.8 Å². The number of nitrogens with zero attached hydrogens (tertiary/aromatic N) is 1. The minimum Gasteiger partial charge on any atom is -0.464 e. The summed E-state index contributed by atoms with van der Waals surface area (Å²) >= 11 is 0. The van der Waals surface area contributed by atoms with E-state index in [0.29, 0.717) is 0 Å². The van der Waals surface area contributed by atoms with Crippen LogP contribution in [0, 0.1) is 0 Å². The smallest absolute Gasteiger partial charge is 0.411 e. The molecule has 2 rings (SSSR count). The van der Waals surface area contributed by atoms with Crippen molar-refractivity contribution in [2.45, 2.75) is 77.2 Å². The van der Waals surface area contributed by atoms with Gasteiger partial charge >= 0.3 is 12.1 Å². The molecule has 24 heavy (non-hydrogen) atoms. The zero-order valence-electron chi connectivity index (χ0n) is 15.1. The maximum absolute atomic E-state index is 12.6. The average Bonchev–Trinajstić information content (AvgIpc) is 2.84. The summed E-state index contributed by atoms with van der Waals surface area (Å²) in [6.07, 6.45) is -1.62. The highest BCUT2D eigenvalue weighted by Gasteiger charge is 2.60. The van der Waals surface area contributed by atoms with Crippen LogP contribution in [0.25, 0.3) is 0 Å². The normalized spacial score (nSPS) is 31.7. The van der Waals surface area contributed by atoms with Crippen LogP contribution in [0.3, 0.4) is 0 Å². The monoisotopic (exact) mass is 345 g/mol. The SMILES string of the molecule is CC(=O)OC[C@H]1[C@@H]2OC(C)(C)O[C@@H]2[C@@H](CO)N1C(=O)OC(C)(C)C. The number of likely N-dealkylation sites (tertiary alicyclic amines) is 1. The van der Waals surface area contributed by atoms with E-state index >= 15 is 0 Å². The first-order valence-corrected chi connectivity index (χ1v) is 8.06. The molecule has 0 unspecified atom stereocenters. The van der Waals surface area contributed by atoms with Gasteiger partial charge in [-0.25, -0.2) is 4.79 Å². The summed E-state index contributed by atoms with van der Waals surface area (Å²) in [6.45, 7) is 9.74. The van der Waals surface area contributed by atoms with Crippen LogP contribution in [0.4, 0.5) is 4.79 Å². The van der Waals surface area contributed by atoms with Crippen molar-refractivity contribution in [1.29, 1.82) is 0 Å². The van der Waals surface area contributed by atoms with Crippen LogP contribution >= 0.6 is 0 Å². The molecule has 8 heteroatoms. The van der Waals surface area contributed by atoms with Crippen LogP contribution in [0.5, 0.6) is 0 Å². The van der Waals surface area contributed by atoms with Gasteiger partial charge in [0, 0.05) is 6.92 Å². The lowest BCUT2D eigenvalue weighted by atomic mass is 10.1. The average molecular weight is 345 g/mol. The highest BCUT2D eigenvalue weighted by Crippen LogP contribution is 2.41. The largest absolute Gasteiger partial charge is 0.464 e. The van der Waals surface area contributed by atoms with Gasteiger partial charge in [0.05, 0.1) is 18.7 Å². The first-order chi connectivity index (χ1) is 10.9. The highest BCUT2D eigenvalue weighted by molar-refractivity contribution is 5.70. The second-order valence-corrected chi connectivity index (χ2v) is 7.57. The Balaban J connectivity index is 2.27. The summed E-state index contributed by atoms with van der Waals surface area (Å²) in [7, 11) is 0. The number of carbonyl (C=O) groups is 2. The topological polar surface area (TPSA) is 94.5 Å². The standard InChI is InChI=1S/C16H27NO7/c1-9(19)21-8-11-13-12(22-16(5,6)23-13)10(7-18)17(11)14(20)24-15(2,3)4/h10-13,18H,7-8H2,1-6H3/t10-,11+,12-,13+/m1/s1. The minimum absolute atomic E-state index is 0.0499. The molecule has 8 nitrogen and oxygen atoms in total. The fourth-order valence-electron chi connectivity index (χ4n) is 3.13. The molecule has 2 aliphatic heterocycles. The van der Waals surface area contributed by atoms with E-state index in [1.54, 1.807) is 34.6 Å². The summed E-state index contributed by atoms with van der Waals surface area (Å²) in [5.41, 5.74) is -0.693. The number of aliphatic hydroxyl groups is 1. The van der Waals surface area contributed by atoms with E-state index in [-0.39, 0.29) is 13.2 Å². The number of aliphatic hydroxyl groups excluding tert-OH is 1. The van der Waals surface area contributed by atoms with Crippen molar-refractivity contribution in [2.75, 3.05) is 13.2 Å². The number of carbonyl (C=O) groups excluding carboxylic acids is 2. The molecular formula is C16H27NO7. The fourth-order valence-corrected chi connectivity index (χ4v) is 3.13. The molecule has 2 aliphatic rings. The molecule has 0 aromatic rings. The molecule has 0 aliphatic carbocycles. The van der Waals surface area contributed by atoms with Crippen molar-refractivity contribution in [2.24, 2.45) is 0 Å². The molecule has 0 saturated carbocycles. The van der Waals surface area contributed by atoms with Crippen LogP contribution in [0.2, 0.25) is 0 Å². The van der Waals surface area contributed by atoms with Gasteiger partial charge in [0.25, 0.3) is 0 Å². The first-order valence-electron chi connectivity index (χ1n) is 8.06. The lowest BCUT2D eigenvalue weighted by molar-refractivity contribution is -0.172. The summed E-state index contributed by atoms with van der Waals surface area (Å²) in [5.74, 6) is -1.29. The summed E-state index contributed by atoms with van der Waals surface area (Å²) in [4.78, 5) is 25.2. The Labute approximate surface area is 142 Å². The Morgan fingerprint density at radius 2 is 1.71 bits per heavy atom. The number of hydrogen-bond donors (Lipinski definition) is 1. The van der Waals surface area contributed by atoms with Crippen LogP contribution in [-0.2, 0) is 23.7 Å². The van der Waals surface area contributed by atoms with E-state index < -0.39 is 47.7 Å². The predicted octanol–water partition coefficient (Wildman–Crippen LogP) is 1.05. The van der Waals surface area contributed by atoms with Crippen LogP contribution in [0.15, 0.2) is 0 Å². The number of esters is 1. The second kappa shape index (κ2) is 6.50. The molecule has 1 amide bonds. The molecule has 2 heterocycles. The van der Waals surface area contributed by atoms with Crippen LogP contribution < -0.4 is 0 Å². The molecule has 138 valence electrons. The maximum Gasteiger partial charge on any atom is 0.411 e. The molecule has 2 saturated heterocycles. The van der Waals surface area contributed by atoms with Crippen LogP contribution in [0.1, 0.15) is 41.5 Å². The molecule has 0 radical (unpaired) electrons. The Bertz CT molecular complexity index is 499. The Kier molecular flexibility index (Phi) is 5.13. The van der Waals surface area contributed by atoms with E-state index in [2.05, 4.69) is 0 Å². The van der Waals surface area contributed by atoms with Gasteiger partial charge in [0.1, 0.15) is 24.4 Å². The van der Waals surface area contributed by atoms with Crippen LogP contribution in [-0.4, -0.2) is 71.0 Å². The number of ether oxygens (including phenoxy) is 4. The van der Waals surface area contributed by atoms with Crippen molar-refractivity contribution in [3.05, 3.63) is 0 Å². The van der Waals surface area contributed by atoms with Gasteiger partial charge < -0.3 is 24.1 Å². The van der Waals surface area contributed by atoms with E-state index in [9.17, 15) is 14.7 Å². The zero-order chi connectivity index (χ0) is 18.3. The van der Waals surface area contributed by atoms with Crippen molar-refractivity contribution >= 4 is 12.1 Å². The maximum atomic E-state index is 12.6. The van der Waals surface area contributed by atoms with E-state index in [1.807, 2.05) is 0 Å². The molecule has 1 N–H and O–H groups in total. The van der Waals surface area contributed by atoms with Gasteiger partial charge in [-0.2, -0.15) is 0 Å². The van der Waals surface area contributed by atoms with E-state index in [4.69, 9.17) is 18.9 Å². The van der Waals surface area contributed by atoms with Gasteiger partial charge in [-0.1, -0.05) is 0 Å². The summed E-state index contributed by atoms with van der Waals surface area (Å²) in [5, 5.41) is 9.80. The first kappa shape index (κ1) is 19.0. The number of hydrogen-bond acceptors (Lipinski definition) is 7. The minimum atomic E-state index is -0.836. The van der Waals surface area contributed by atoms with Crippen molar-refractivity contribution < 1.29 is 33.6 Å². The molecule has 4 atom stereocenters. The van der Waals surface area contributed by atoms with Gasteiger partial charge in [-0.05, 0) is 34.6 Å². The zero-order valence-corrected chi connectivity index (χ0v) is 15.1. The molecule has 0 spiro atoms. The molecule has 0 bridgehead atoms. The number of rotatable bonds is 3. The van der Waals surface area contributed by atoms with Crippen molar-refractivity contribution in [3.63, 3.8) is 0 Å². The third kappa shape index (κ3) is 3.99. The second-order valence-electron chi connectivity index (χ2n) is 7.57. The Morgan fingerprint density at radius 3 is 2.17 bits per heavy atom. The lowest BCUT2D eigenvalue weighted by Crippen LogP contribution is -2.51. The van der Waals surface area contributed by atoms with Gasteiger partial charge in [0.15, 0.2) is 5.79 Å². The number of fused-ring (bicyclic) bond motifs is 1. The molecule has 0 aromatic heterocycles. The Morgan fingerprint density at radius 1 is 1.17 bits per heavy atom.